The Kier molecular flexibility index (Phi) is 13.7. The first-order valence-corrected chi connectivity index (χ1v) is 7.43. The Morgan fingerprint density at radius 1 is 0.895 bits per heavy atom. The molecule has 0 aromatic carbocycles. The van der Waals surface area contributed by atoms with Gasteiger partial charge in [0.1, 0.15) is 0 Å². The molecule has 0 bridgehead atoms. The molecule has 0 aromatic rings. The highest BCUT2D eigenvalue weighted by Gasteiger charge is 1.88. The lowest BCUT2D eigenvalue weighted by Crippen LogP contribution is -1.88. The maximum atomic E-state index is 10.5. The Hall–Kier alpha value is -1.31. The topological polar surface area (TPSA) is 26.3 Å². The molecule has 0 fully saturated rings. The molecule has 2 nitrogen and oxygen atoms in total. The molecule has 108 valence electrons. The first-order chi connectivity index (χ1) is 9.27. The van der Waals surface area contributed by atoms with Crippen LogP contribution in [-0.4, -0.2) is 5.97 Å². The minimum atomic E-state index is -0.292. The molecule has 0 N–H and O–H groups in total. The monoisotopic (exact) mass is 264 g/mol. The Morgan fingerprint density at radius 3 is 2.21 bits per heavy atom. The van der Waals surface area contributed by atoms with Crippen LogP contribution in [0.3, 0.4) is 0 Å². The summed E-state index contributed by atoms with van der Waals surface area (Å²) in [6.07, 6.45) is 21.7. The molecule has 2 heteroatoms. The van der Waals surface area contributed by atoms with Gasteiger partial charge in [-0.25, -0.2) is 0 Å². The lowest BCUT2D eigenvalue weighted by Gasteiger charge is -1.98. The zero-order chi connectivity index (χ0) is 14.2. The maximum Gasteiger partial charge on any atom is 0.307 e. The maximum absolute atomic E-state index is 10.5. The minimum absolute atomic E-state index is 0.292. The van der Waals surface area contributed by atoms with Gasteiger partial charge in [-0.3, -0.25) is 4.79 Å². The summed E-state index contributed by atoms with van der Waals surface area (Å²) in [4.78, 5) is 10.5. The molecule has 0 heterocycles. The minimum Gasteiger partial charge on any atom is -0.435 e. The lowest BCUT2D eigenvalue weighted by molar-refractivity contribution is -0.135. The van der Waals surface area contributed by atoms with Crippen LogP contribution in [0.2, 0.25) is 0 Å². The highest BCUT2D eigenvalue weighted by Crippen LogP contribution is 2.08. The molecule has 0 saturated carbocycles. The average Bonchev–Trinajstić information content (AvgIpc) is 2.39. The summed E-state index contributed by atoms with van der Waals surface area (Å²) in [5.74, 6) is -0.292. The molecule has 19 heavy (non-hydrogen) atoms. The molecule has 0 rings (SSSR count). The van der Waals surface area contributed by atoms with Gasteiger partial charge >= 0.3 is 5.97 Å². The Balaban J connectivity index is 3.31. The van der Waals surface area contributed by atoms with Gasteiger partial charge in [0.15, 0.2) is 0 Å². The van der Waals surface area contributed by atoms with Crippen molar-refractivity contribution in [3.63, 3.8) is 0 Å². The van der Waals surface area contributed by atoms with E-state index >= 15 is 0 Å². The third-order valence-electron chi connectivity index (χ3n) is 2.76. The van der Waals surface area contributed by atoms with Crippen LogP contribution in [0.4, 0.5) is 0 Å². The van der Waals surface area contributed by atoms with E-state index in [-0.39, 0.29) is 5.97 Å². The van der Waals surface area contributed by atoms with Crippen molar-refractivity contribution in [2.45, 2.75) is 65.2 Å². The largest absolute Gasteiger partial charge is 0.435 e. The van der Waals surface area contributed by atoms with E-state index in [2.05, 4.69) is 17.7 Å². The molecule has 0 spiro atoms. The number of ether oxygens (including phenoxy) is 1. The molecule has 0 unspecified atom stereocenters. The zero-order valence-electron chi connectivity index (χ0n) is 12.4. The van der Waals surface area contributed by atoms with Gasteiger partial charge in [-0.15, -0.1) is 0 Å². The SMILES string of the molecule is CCCCCCCCCC=CC=CC=COC(C)=O. The zero-order valence-corrected chi connectivity index (χ0v) is 12.4. The van der Waals surface area contributed by atoms with E-state index in [0.29, 0.717) is 0 Å². The second-order valence-electron chi connectivity index (χ2n) is 4.66. The van der Waals surface area contributed by atoms with E-state index in [4.69, 9.17) is 0 Å². The quantitative estimate of drug-likeness (QED) is 0.218. The van der Waals surface area contributed by atoms with Crippen molar-refractivity contribution in [2.24, 2.45) is 0 Å². The van der Waals surface area contributed by atoms with E-state index in [1.54, 1.807) is 6.08 Å². The number of carbonyl (C=O) groups excluding carboxylic acids is 1. The molecule has 0 atom stereocenters. The summed E-state index contributed by atoms with van der Waals surface area (Å²) < 4.78 is 4.65. The number of allylic oxidation sites excluding steroid dienone is 5. The van der Waals surface area contributed by atoms with Crippen LogP contribution >= 0.6 is 0 Å². The number of hydrogen-bond donors (Lipinski definition) is 0. The van der Waals surface area contributed by atoms with Crippen molar-refractivity contribution in [1.29, 1.82) is 0 Å². The van der Waals surface area contributed by atoms with Crippen molar-refractivity contribution in [1.82, 2.24) is 0 Å². The smallest absolute Gasteiger partial charge is 0.307 e. The number of rotatable bonds is 11. The van der Waals surface area contributed by atoms with E-state index in [0.717, 1.165) is 6.42 Å². The molecular formula is C17H28O2. The normalized spacial score (nSPS) is 11.9. The van der Waals surface area contributed by atoms with Crippen molar-refractivity contribution in [3.05, 3.63) is 36.6 Å². The van der Waals surface area contributed by atoms with Gasteiger partial charge in [0.05, 0.1) is 6.26 Å². The number of carbonyl (C=O) groups is 1. The van der Waals surface area contributed by atoms with Crippen molar-refractivity contribution >= 4 is 5.97 Å². The van der Waals surface area contributed by atoms with Gasteiger partial charge in [0.25, 0.3) is 0 Å². The second-order valence-corrected chi connectivity index (χ2v) is 4.66. The summed E-state index contributed by atoms with van der Waals surface area (Å²) in [7, 11) is 0. The lowest BCUT2D eigenvalue weighted by atomic mass is 10.1. The summed E-state index contributed by atoms with van der Waals surface area (Å²) in [5, 5.41) is 0. The fourth-order valence-corrected chi connectivity index (χ4v) is 1.70. The van der Waals surface area contributed by atoms with Gasteiger partial charge in [0, 0.05) is 6.92 Å². The summed E-state index contributed by atoms with van der Waals surface area (Å²) in [6.45, 7) is 3.63. The second kappa shape index (κ2) is 14.7. The van der Waals surface area contributed by atoms with Crippen LogP contribution in [0.15, 0.2) is 36.6 Å². The molecule has 0 amide bonds. The first kappa shape index (κ1) is 17.7. The van der Waals surface area contributed by atoms with Crippen molar-refractivity contribution in [3.8, 4) is 0 Å². The van der Waals surface area contributed by atoms with Gasteiger partial charge in [-0.2, -0.15) is 0 Å². The van der Waals surface area contributed by atoms with E-state index < -0.39 is 0 Å². The molecular weight excluding hydrogens is 236 g/mol. The number of unbranched alkanes of at least 4 members (excludes halogenated alkanes) is 7. The van der Waals surface area contributed by atoms with Crippen LogP contribution in [-0.2, 0) is 9.53 Å². The van der Waals surface area contributed by atoms with E-state index in [9.17, 15) is 4.79 Å². The summed E-state index contributed by atoms with van der Waals surface area (Å²) in [5.41, 5.74) is 0. The predicted octanol–water partition coefficient (Wildman–Crippen LogP) is 5.32. The highest BCUT2D eigenvalue weighted by molar-refractivity contribution is 5.66. The van der Waals surface area contributed by atoms with Crippen LogP contribution in [0.5, 0.6) is 0 Å². The van der Waals surface area contributed by atoms with Crippen LogP contribution < -0.4 is 0 Å². The summed E-state index contributed by atoms with van der Waals surface area (Å²) in [6, 6.07) is 0. The molecule has 0 aliphatic rings. The first-order valence-electron chi connectivity index (χ1n) is 7.43. The third kappa shape index (κ3) is 16.7. The van der Waals surface area contributed by atoms with E-state index in [1.807, 2.05) is 18.2 Å². The number of esters is 1. The molecule has 0 aliphatic heterocycles. The van der Waals surface area contributed by atoms with Gasteiger partial charge in [-0.1, -0.05) is 69.8 Å². The number of hydrogen-bond acceptors (Lipinski definition) is 2. The van der Waals surface area contributed by atoms with Gasteiger partial charge in [-0.05, 0) is 18.9 Å². The van der Waals surface area contributed by atoms with Crippen molar-refractivity contribution < 1.29 is 9.53 Å². The fraction of sp³-hybridized carbons (Fsp3) is 0.588. The van der Waals surface area contributed by atoms with Crippen LogP contribution in [0.25, 0.3) is 0 Å². The Morgan fingerprint density at radius 2 is 1.53 bits per heavy atom. The predicted molar refractivity (Wildman–Crippen MR) is 81.8 cm³/mol. The van der Waals surface area contributed by atoms with Crippen LogP contribution in [0, 0.1) is 0 Å². The average molecular weight is 264 g/mol. The molecule has 0 radical (unpaired) electrons. The highest BCUT2D eigenvalue weighted by atomic mass is 16.5. The third-order valence-corrected chi connectivity index (χ3v) is 2.76. The fourth-order valence-electron chi connectivity index (χ4n) is 1.70. The van der Waals surface area contributed by atoms with Gasteiger partial charge < -0.3 is 4.74 Å². The Labute approximate surface area is 118 Å². The molecule has 0 saturated heterocycles. The van der Waals surface area contributed by atoms with Crippen molar-refractivity contribution in [2.75, 3.05) is 0 Å². The molecule has 0 aromatic heterocycles. The molecule has 0 aliphatic carbocycles. The standard InChI is InChI=1S/C17H28O2/c1-3-4-5-6-7-8-9-10-11-12-13-14-15-16-19-17(2)18/h11-16H,3-10H2,1-2H3. The summed E-state index contributed by atoms with van der Waals surface area (Å²) >= 11 is 0. The Bertz CT molecular complexity index is 288. The van der Waals surface area contributed by atoms with Crippen LogP contribution in [0.1, 0.15) is 65.2 Å². The van der Waals surface area contributed by atoms with Gasteiger partial charge in [0.2, 0.25) is 0 Å². The van der Waals surface area contributed by atoms with E-state index in [1.165, 1.54) is 58.1 Å².